The van der Waals surface area contributed by atoms with Gasteiger partial charge in [-0.3, -0.25) is 4.98 Å². The van der Waals surface area contributed by atoms with Crippen molar-refractivity contribution in [1.82, 2.24) is 19.7 Å². The van der Waals surface area contributed by atoms with Gasteiger partial charge in [0, 0.05) is 6.20 Å². The van der Waals surface area contributed by atoms with Gasteiger partial charge in [-0.05, 0) is 22.0 Å². The molecular weight excluding hydrogens is 253 g/mol. The number of pyridine rings is 1. The minimum atomic E-state index is -0.488. The SMILES string of the molecule is Nc1nc(Br)n(-c2ccncc2F)n1. The molecule has 2 rings (SSSR count). The van der Waals surface area contributed by atoms with Crippen LogP contribution in [-0.4, -0.2) is 19.7 Å². The van der Waals surface area contributed by atoms with E-state index in [-0.39, 0.29) is 11.6 Å². The van der Waals surface area contributed by atoms with E-state index in [0.717, 1.165) is 6.20 Å². The Morgan fingerprint density at radius 1 is 1.50 bits per heavy atom. The van der Waals surface area contributed by atoms with Crippen LogP contribution in [-0.2, 0) is 0 Å². The summed E-state index contributed by atoms with van der Waals surface area (Å²) in [6, 6.07) is 1.48. The number of aromatic nitrogens is 4. The Bertz CT molecular complexity index is 469. The van der Waals surface area contributed by atoms with E-state index in [2.05, 4.69) is 31.0 Å². The number of anilines is 1. The van der Waals surface area contributed by atoms with Gasteiger partial charge in [-0.25, -0.2) is 9.07 Å². The quantitative estimate of drug-likeness (QED) is 0.832. The van der Waals surface area contributed by atoms with Crippen LogP contribution in [0, 0.1) is 5.82 Å². The molecule has 0 aliphatic carbocycles. The average Bonchev–Trinajstić information content (AvgIpc) is 2.46. The van der Waals surface area contributed by atoms with E-state index in [1.165, 1.54) is 16.9 Å². The van der Waals surface area contributed by atoms with Gasteiger partial charge in [0.25, 0.3) is 0 Å². The summed E-state index contributed by atoms with van der Waals surface area (Å²) in [5, 5.41) is 3.81. The summed E-state index contributed by atoms with van der Waals surface area (Å²) in [7, 11) is 0. The highest BCUT2D eigenvalue weighted by Crippen LogP contribution is 2.17. The first kappa shape index (κ1) is 9.07. The summed E-state index contributed by atoms with van der Waals surface area (Å²) in [5.41, 5.74) is 5.60. The van der Waals surface area contributed by atoms with E-state index in [1.54, 1.807) is 0 Å². The molecule has 7 heteroatoms. The molecule has 5 nitrogen and oxygen atoms in total. The monoisotopic (exact) mass is 257 g/mol. The summed E-state index contributed by atoms with van der Waals surface area (Å²) in [4.78, 5) is 7.41. The first-order chi connectivity index (χ1) is 6.68. The minimum Gasteiger partial charge on any atom is -0.366 e. The highest BCUT2D eigenvalue weighted by Gasteiger charge is 2.10. The second-order valence-corrected chi connectivity index (χ2v) is 3.19. The fraction of sp³-hybridized carbons (Fsp3) is 0. The first-order valence-electron chi connectivity index (χ1n) is 3.66. The van der Waals surface area contributed by atoms with E-state index < -0.39 is 5.82 Å². The predicted molar refractivity (Wildman–Crippen MR) is 51.2 cm³/mol. The molecular formula is C7H5BrFN5. The number of nitrogen functional groups attached to an aromatic ring is 1. The zero-order valence-electron chi connectivity index (χ0n) is 6.85. The van der Waals surface area contributed by atoms with Crippen LogP contribution in [0.4, 0.5) is 10.3 Å². The Morgan fingerprint density at radius 2 is 2.29 bits per heavy atom. The molecule has 0 saturated heterocycles. The molecule has 72 valence electrons. The van der Waals surface area contributed by atoms with Crippen LogP contribution in [0.2, 0.25) is 0 Å². The van der Waals surface area contributed by atoms with Gasteiger partial charge in [0.15, 0.2) is 5.82 Å². The van der Waals surface area contributed by atoms with Crippen molar-refractivity contribution >= 4 is 21.9 Å². The summed E-state index contributed by atoms with van der Waals surface area (Å²) in [6.07, 6.45) is 2.56. The largest absolute Gasteiger partial charge is 0.366 e. The summed E-state index contributed by atoms with van der Waals surface area (Å²) in [5.74, 6) is -0.411. The van der Waals surface area contributed by atoms with Crippen LogP contribution in [0.3, 0.4) is 0 Å². The third-order valence-corrected chi connectivity index (χ3v) is 2.08. The van der Waals surface area contributed by atoms with Crippen molar-refractivity contribution in [2.45, 2.75) is 0 Å². The van der Waals surface area contributed by atoms with Crippen molar-refractivity contribution < 1.29 is 4.39 Å². The normalized spacial score (nSPS) is 10.4. The molecule has 2 heterocycles. The standard InChI is InChI=1S/C7H5BrFN5/c8-6-12-7(10)13-14(6)5-1-2-11-3-4(5)9/h1-3H,(H2,10,13). The molecule has 0 aliphatic rings. The van der Waals surface area contributed by atoms with Crippen LogP contribution in [0.5, 0.6) is 0 Å². The molecule has 2 aromatic rings. The number of halogens is 2. The molecule has 14 heavy (non-hydrogen) atoms. The maximum Gasteiger partial charge on any atom is 0.240 e. The Kier molecular flexibility index (Phi) is 2.16. The summed E-state index contributed by atoms with van der Waals surface area (Å²) in [6.45, 7) is 0. The predicted octanol–water partition coefficient (Wildman–Crippen LogP) is 1.15. The van der Waals surface area contributed by atoms with Gasteiger partial charge in [-0.1, -0.05) is 0 Å². The molecule has 2 N–H and O–H groups in total. The lowest BCUT2D eigenvalue weighted by atomic mass is 10.4. The fourth-order valence-electron chi connectivity index (χ4n) is 1.00. The van der Waals surface area contributed by atoms with Gasteiger partial charge in [0.1, 0.15) is 5.69 Å². The number of nitrogens with two attached hydrogens (primary N) is 1. The van der Waals surface area contributed by atoms with Gasteiger partial charge in [0.05, 0.1) is 6.20 Å². The zero-order chi connectivity index (χ0) is 10.1. The molecule has 0 amide bonds. The Balaban J connectivity index is 2.60. The first-order valence-corrected chi connectivity index (χ1v) is 4.45. The van der Waals surface area contributed by atoms with Crippen LogP contribution >= 0.6 is 15.9 Å². The van der Waals surface area contributed by atoms with E-state index in [1.807, 2.05) is 0 Å². The Hall–Kier alpha value is -1.50. The van der Waals surface area contributed by atoms with Crippen molar-refractivity contribution in [3.8, 4) is 5.69 Å². The maximum atomic E-state index is 13.3. The van der Waals surface area contributed by atoms with E-state index in [9.17, 15) is 4.39 Å². The Morgan fingerprint density at radius 3 is 2.86 bits per heavy atom. The van der Waals surface area contributed by atoms with Crippen molar-refractivity contribution in [3.05, 3.63) is 29.0 Å². The fourth-order valence-corrected chi connectivity index (χ4v) is 1.45. The molecule has 0 spiro atoms. The van der Waals surface area contributed by atoms with Crippen LogP contribution in [0.1, 0.15) is 0 Å². The lowest BCUT2D eigenvalue weighted by molar-refractivity contribution is 0.603. The van der Waals surface area contributed by atoms with Crippen molar-refractivity contribution in [2.75, 3.05) is 5.73 Å². The summed E-state index contributed by atoms with van der Waals surface area (Å²) < 4.78 is 14.9. The zero-order valence-corrected chi connectivity index (χ0v) is 8.44. The van der Waals surface area contributed by atoms with Crippen LogP contribution < -0.4 is 5.73 Å². The van der Waals surface area contributed by atoms with E-state index >= 15 is 0 Å². The molecule has 0 aliphatic heterocycles. The summed E-state index contributed by atoms with van der Waals surface area (Å²) >= 11 is 3.11. The molecule has 0 aromatic carbocycles. The third-order valence-electron chi connectivity index (χ3n) is 1.56. The van der Waals surface area contributed by atoms with Gasteiger partial charge in [-0.15, -0.1) is 5.10 Å². The second-order valence-electron chi connectivity index (χ2n) is 2.48. The lowest BCUT2D eigenvalue weighted by Gasteiger charge is -2.01. The highest BCUT2D eigenvalue weighted by atomic mass is 79.9. The highest BCUT2D eigenvalue weighted by molar-refractivity contribution is 9.10. The molecule has 0 atom stereocenters. The molecule has 0 radical (unpaired) electrons. The number of nitrogens with zero attached hydrogens (tertiary/aromatic N) is 4. The molecule has 0 unspecified atom stereocenters. The lowest BCUT2D eigenvalue weighted by Crippen LogP contribution is -2.01. The second kappa shape index (κ2) is 3.33. The molecule has 0 fully saturated rings. The van der Waals surface area contributed by atoms with Crippen molar-refractivity contribution in [1.29, 1.82) is 0 Å². The van der Waals surface area contributed by atoms with Gasteiger partial charge < -0.3 is 5.73 Å². The third kappa shape index (κ3) is 1.46. The van der Waals surface area contributed by atoms with Gasteiger partial charge >= 0.3 is 0 Å². The minimum absolute atomic E-state index is 0.0769. The van der Waals surface area contributed by atoms with Crippen LogP contribution in [0.25, 0.3) is 5.69 Å². The Labute approximate surface area is 86.9 Å². The molecule has 2 aromatic heterocycles. The number of hydrogen-bond donors (Lipinski definition) is 1. The van der Waals surface area contributed by atoms with Crippen LogP contribution in [0.15, 0.2) is 23.2 Å². The smallest absolute Gasteiger partial charge is 0.240 e. The molecule has 0 bridgehead atoms. The maximum absolute atomic E-state index is 13.3. The van der Waals surface area contributed by atoms with Crippen molar-refractivity contribution in [3.63, 3.8) is 0 Å². The van der Waals surface area contributed by atoms with Gasteiger partial charge in [-0.2, -0.15) is 4.98 Å². The topological polar surface area (TPSA) is 69.6 Å². The molecule has 0 saturated carbocycles. The number of rotatable bonds is 1. The van der Waals surface area contributed by atoms with E-state index in [0.29, 0.717) is 4.73 Å². The van der Waals surface area contributed by atoms with Crippen molar-refractivity contribution in [2.24, 2.45) is 0 Å². The van der Waals surface area contributed by atoms with E-state index in [4.69, 9.17) is 5.73 Å². The number of hydrogen-bond acceptors (Lipinski definition) is 4. The average molecular weight is 258 g/mol. The van der Waals surface area contributed by atoms with Gasteiger partial charge in [0.2, 0.25) is 10.7 Å².